The van der Waals surface area contributed by atoms with Gasteiger partial charge in [-0.25, -0.2) is 9.97 Å². The second kappa shape index (κ2) is 10.5. The second-order valence-corrected chi connectivity index (χ2v) is 28.1. The molecule has 0 unspecified atom stereocenters. The number of nitrogens with zero attached hydrogens (tertiary/aromatic N) is 2. The van der Waals surface area contributed by atoms with Gasteiger partial charge in [-0.05, 0) is 0 Å². The van der Waals surface area contributed by atoms with Gasteiger partial charge in [0.05, 0.1) is 36.4 Å². The molecule has 2 rings (SSSR count). The summed E-state index contributed by atoms with van der Waals surface area (Å²) >= 11 is -3.29. The maximum atomic E-state index is 9.80. The number of aromatic amines is 2. The number of carbonyl (C=O) groups excluding carboxylic acids is 2. The Morgan fingerprint density at radius 3 is 1.32 bits per heavy atom. The molecule has 2 aromatic rings. The zero-order valence-electron chi connectivity index (χ0n) is 9.19. The monoisotopic (exact) mass is 452 g/mol. The van der Waals surface area contributed by atoms with Crippen molar-refractivity contribution < 1.29 is 9.59 Å². The summed E-state index contributed by atoms with van der Waals surface area (Å²) in [6.45, 7) is 0. The van der Waals surface area contributed by atoms with Crippen LogP contribution in [0.2, 0.25) is 0 Å². The average molecular weight is 453 g/mol. The summed E-state index contributed by atoms with van der Waals surface area (Å²) in [4.78, 5) is 32.0. The molecule has 0 aliphatic rings. The molecule has 2 aromatic heterocycles. The third kappa shape index (κ3) is 13.9. The topological polar surface area (TPSA) is 91.5 Å². The number of aromatic nitrogens is 4. The summed E-state index contributed by atoms with van der Waals surface area (Å²) in [5.74, 6) is 0. The fraction of sp³-hybridized carbons (Fsp3) is 0. The van der Waals surface area contributed by atoms with E-state index >= 15 is 0 Å². The van der Waals surface area contributed by atoms with Crippen molar-refractivity contribution in [2.75, 3.05) is 0 Å². The number of hydrogen-bond donors (Lipinski definition) is 2. The number of carbonyl (C=O) groups is 2. The first kappa shape index (κ1) is 18.7. The van der Waals surface area contributed by atoms with Crippen LogP contribution in [-0.2, 0) is 0 Å². The Balaban J connectivity index is 0.000000261. The molecule has 2 heterocycles. The normalized spacial score (nSPS) is 9.47. The van der Waals surface area contributed by atoms with Crippen molar-refractivity contribution in [2.24, 2.45) is 0 Å². The Labute approximate surface area is 127 Å². The van der Waals surface area contributed by atoms with E-state index in [0.29, 0.717) is 24.0 Å². The van der Waals surface area contributed by atoms with E-state index < -0.39 is 13.9 Å². The molecule has 104 valence electrons. The molecule has 2 N–H and O–H groups in total. The van der Waals surface area contributed by atoms with E-state index in [2.05, 4.69) is 19.9 Å². The Morgan fingerprint density at radius 2 is 1.21 bits per heavy atom. The zero-order chi connectivity index (χ0) is 14.7. The molecule has 0 aliphatic carbocycles. The van der Waals surface area contributed by atoms with Gasteiger partial charge in [0.1, 0.15) is 0 Å². The molecular formula is C8H8Cl4N4O2Sn. The molecular weight excluding hydrogens is 445 g/mol. The molecule has 0 saturated heterocycles. The van der Waals surface area contributed by atoms with E-state index in [-0.39, 0.29) is 0 Å². The van der Waals surface area contributed by atoms with Crippen LogP contribution in [0.4, 0.5) is 0 Å². The van der Waals surface area contributed by atoms with Crippen molar-refractivity contribution in [2.45, 2.75) is 0 Å². The van der Waals surface area contributed by atoms with Gasteiger partial charge in [-0.15, -0.1) is 0 Å². The first-order valence-electron chi connectivity index (χ1n) is 4.49. The van der Waals surface area contributed by atoms with Crippen molar-refractivity contribution in [3.05, 3.63) is 36.4 Å². The van der Waals surface area contributed by atoms with Crippen LogP contribution in [0.25, 0.3) is 0 Å². The van der Waals surface area contributed by atoms with Crippen molar-refractivity contribution in [3.63, 3.8) is 0 Å². The summed E-state index contributed by atoms with van der Waals surface area (Å²) in [5.41, 5.74) is 1.03. The number of aldehydes is 2. The van der Waals surface area contributed by atoms with Gasteiger partial charge in [-0.2, -0.15) is 0 Å². The van der Waals surface area contributed by atoms with Crippen LogP contribution in [0.1, 0.15) is 21.0 Å². The SMILES string of the molecule is O=Cc1cnc[nH]1.O=Cc1cnc[nH]1.[Cl][Sn]([Cl])([Cl])[Cl]. The fourth-order valence-electron chi connectivity index (χ4n) is 0.662. The molecule has 6 nitrogen and oxygen atoms in total. The molecule has 0 aliphatic heterocycles. The molecule has 0 amide bonds. The Morgan fingerprint density at radius 1 is 0.895 bits per heavy atom. The van der Waals surface area contributed by atoms with E-state index in [1.54, 1.807) is 0 Å². The summed E-state index contributed by atoms with van der Waals surface area (Å²) in [6.07, 6.45) is 7.29. The number of imidazole rings is 2. The van der Waals surface area contributed by atoms with Gasteiger partial charge in [0.2, 0.25) is 0 Å². The Hall–Kier alpha value is -0.281. The summed E-state index contributed by atoms with van der Waals surface area (Å²) in [5, 5.41) is 0. The van der Waals surface area contributed by atoms with E-state index in [0.717, 1.165) is 0 Å². The van der Waals surface area contributed by atoms with Gasteiger partial charge in [0, 0.05) is 0 Å². The minimum absolute atomic E-state index is 0.514. The molecule has 0 atom stereocenters. The summed E-state index contributed by atoms with van der Waals surface area (Å²) in [7, 11) is 20.1. The Kier molecular flexibility index (Phi) is 10.3. The van der Waals surface area contributed by atoms with E-state index in [4.69, 9.17) is 35.7 Å². The Bertz CT molecular complexity index is 413. The standard InChI is InChI=1S/2C4H4N2O.4ClH.Sn/c2*7-2-4-1-5-3-6-4;;;;;/h2*1-3H,(H,5,6);4*1H;/q;;;;;;+4/p-4. The number of H-pyrrole nitrogens is 2. The predicted octanol–water partition coefficient (Wildman–Crippen LogP) is 2.82. The minimum atomic E-state index is -3.29. The van der Waals surface area contributed by atoms with Crippen molar-refractivity contribution in [3.8, 4) is 0 Å². The number of rotatable bonds is 2. The molecule has 0 fully saturated rings. The molecule has 0 radical (unpaired) electrons. The first-order chi connectivity index (χ1) is 8.86. The van der Waals surface area contributed by atoms with Crippen molar-refractivity contribution >= 4 is 62.1 Å². The molecule has 0 bridgehead atoms. The molecule has 0 saturated carbocycles. The molecule has 0 aromatic carbocycles. The van der Waals surface area contributed by atoms with Gasteiger partial charge < -0.3 is 9.97 Å². The van der Waals surface area contributed by atoms with E-state index in [1.165, 1.54) is 25.0 Å². The third-order valence-electron chi connectivity index (χ3n) is 1.29. The fourth-order valence-corrected chi connectivity index (χ4v) is 0.662. The van der Waals surface area contributed by atoms with Gasteiger partial charge in [-0.3, -0.25) is 9.59 Å². The van der Waals surface area contributed by atoms with Crippen LogP contribution >= 0.6 is 35.7 Å². The van der Waals surface area contributed by atoms with Crippen molar-refractivity contribution in [1.29, 1.82) is 0 Å². The predicted molar refractivity (Wildman–Crippen MR) is 77.1 cm³/mol. The molecule has 0 spiro atoms. The van der Waals surface area contributed by atoms with Crippen LogP contribution < -0.4 is 0 Å². The number of hydrogen-bond acceptors (Lipinski definition) is 4. The third-order valence-corrected chi connectivity index (χ3v) is 1.29. The van der Waals surface area contributed by atoms with Crippen LogP contribution in [0, 0.1) is 0 Å². The maximum absolute atomic E-state index is 9.80. The second-order valence-electron chi connectivity index (χ2n) is 2.68. The molecule has 11 heteroatoms. The van der Waals surface area contributed by atoms with E-state index in [9.17, 15) is 9.59 Å². The zero-order valence-corrected chi connectivity index (χ0v) is 15.1. The van der Waals surface area contributed by atoms with Crippen LogP contribution in [0.15, 0.2) is 25.0 Å². The summed E-state index contributed by atoms with van der Waals surface area (Å²) in [6, 6.07) is 0. The average Bonchev–Trinajstić information content (AvgIpc) is 3.01. The number of halogens is 4. The summed E-state index contributed by atoms with van der Waals surface area (Å²) < 4.78 is 0. The van der Waals surface area contributed by atoms with Crippen LogP contribution in [-0.4, -0.2) is 46.4 Å². The van der Waals surface area contributed by atoms with Crippen LogP contribution in [0.3, 0.4) is 0 Å². The van der Waals surface area contributed by atoms with Gasteiger partial charge in [0.25, 0.3) is 0 Å². The van der Waals surface area contributed by atoms with Crippen molar-refractivity contribution in [1.82, 2.24) is 19.9 Å². The van der Waals surface area contributed by atoms with Gasteiger partial charge in [0.15, 0.2) is 12.6 Å². The van der Waals surface area contributed by atoms with Crippen LogP contribution in [0.5, 0.6) is 0 Å². The van der Waals surface area contributed by atoms with Gasteiger partial charge >= 0.3 is 49.6 Å². The quantitative estimate of drug-likeness (QED) is 0.541. The van der Waals surface area contributed by atoms with Gasteiger partial charge in [-0.1, -0.05) is 0 Å². The first-order valence-corrected chi connectivity index (χ1v) is 18.9. The molecule has 19 heavy (non-hydrogen) atoms. The number of nitrogens with one attached hydrogen (secondary N) is 2. The van der Waals surface area contributed by atoms with E-state index in [1.807, 2.05) is 0 Å².